The molecule has 0 bridgehead atoms. The fourth-order valence-corrected chi connectivity index (χ4v) is 5.53. The summed E-state index contributed by atoms with van der Waals surface area (Å²) in [7, 11) is -3.43. The highest BCUT2D eigenvalue weighted by molar-refractivity contribution is 7.90. The molecule has 0 aliphatic carbocycles. The highest BCUT2D eigenvalue weighted by atomic mass is 35.5. The molecule has 1 heterocycles. The fourth-order valence-electron chi connectivity index (χ4n) is 4.72. The van der Waals surface area contributed by atoms with Crippen LogP contribution in [-0.4, -0.2) is 42.8 Å². The Morgan fingerprint density at radius 2 is 1.64 bits per heavy atom. The maximum absolute atomic E-state index is 12.5. The van der Waals surface area contributed by atoms with Gasteiger partial charge in [-0.05, 0) is 65.2 Å². The Balaban J connectivity index is 1.85. The second-order valence-electron chi connectivity index (χ2n) is 9.13. The first-order valence-electron chi connectivity index (χ1n) is 11.8. The number of aromatic nitrogens is 1. The number of benzene rings is 4. The molecule has 8 nitrogen and oxygen atoms in total. The molecule has 198 valence electrons. The van der Waals surface area contributed by atoms with Gasteiger partial charge in [0, 0.05) is 28.8 Å². The number of nitrogens with two attached hydrogens (primary N) is 1. The average Bonchev–Trinajstić information content (AvgIpc) is 3.20. The number of halogens is 1. The topological polar surface area (TPSA) is 129 Å². The standard InChI is InChI=1S/C29H23ClN2O6S/c1-39(36,37)21-5-2-4-17(12-21)15-32-23-7-3-6-22(29(31)35)27(23)28-24(32)13-19(14-25(28)38-16-26(33)34)18-8-10-20(30)11-9-18/h2-14H,15-16H2,1H3,(H2,31,35)(H,33,34). The van der Waals surface area contributed by atoms with Crippen molar-refractivity contribution in [2.24, 2.45) is 5.73 Å². The third kappa shape index (κ3) is 5.19. The molecular weight excluding hydrogens is 540 g/mol. The Kier molecular flexibility index (Phi) is 6.80. The Bertz CT molecular complexity index is 1880. The van der Waals surface area contributed by atoms with Gasteiger partial charge in [-0.25, -0.2) is 13.2 Å². The minimum atomic E-state index is -3.43. The van der Waals surface area contributed by atoms with Crippen LogP contribution in [0.5, 0.6) is 5.75 Å². The molecule has 1 aromatic heterocycles. The lowest BCUT2D eigenvalue weighted by molar-refractivity contribution is -0.139. The number of carbonyl (C=O) groups is 2. The third-order valence-corrected chi connectivity index (χ3v) is 7.78. The molecule has 0 fully saturated rings. The molecule has 10 heteroatoms. The van der Waals surface area contributed by atoms with Gasteiger partial charge in [0.15, 0.2) is 16.4 Å². The number of nitrogens with zero attached hydrogens (tertiary/aromatic N) is 1. The maximum Gasteiger partial charge on any atom is 0.341 e. The van der Waals surface area contributed by atoms with E-state index >= 15 is 0 Å². The van der Waals surface area contributed by atoms with Gasteiger partial charge in [-0.3, -0.25) is 4.79 Å². The molecule has 0 atom stereocenters. The summed E-state index contributed by atoms with van der Waals surface area (Å²) in [6, 6.07) is 22.6. The van der Waals surface area contributed by atoms with E-state index in [4.69, 9.17) is 22.1 Å². The molecular formula is C29H23ClN2O6S. The molecule has 0 saturated carbocycles. The fraction of sp³-hybridized carbons (Fsp3) is 0.103. The van der Waals surface area contributed by atoms with Crippen molar-refractivity contribution < 1.29 is 27.9 Å². The van der Waals surface area contributed by atoms with Crippen LogP contribution in [0.3, 0.4) is 0 Å². The van der Waals surface area contributed by atoms with Gasteiger partial charge in [-0.15, -0.1) is 0 Å². The second kappa shape index (κ2) is 10.1. The van der Waals surface area contributed by atoms with E-state index in [-0.39, 0.29) is 22.8 Å². The largest absolute Gasteiger partial charge is 0.481 e. The van der Waals surface area contributed by atoms with E-state index in [0.717, 1.165) is 17.4 Å². The van der Waals surface area contributed by atoms with Crippen molar-refractivity contribution in [3.63, 3.8) is 0 Å². The molecule has 0 spiro atoms. The molecule has 0 aliphatic heterocycles. The van der Waals surface area contributed by atoms with E-state index in [0.29, 0.717) is 32.4 Å². The monoisotopic (exact) mass is 562 g/mol. The highest BCUT2D eigenvalue weighted by Crippen LogP contribution is 2.41. The first-order valence-corrected chi connectivity index (χ1v) is 14.1. The molecule has 0 unspecified atom stereocenters. The summed E-state index contributed by atoms with van der Waals surface area (Å²) in [4.78, 5) is 24.1. The molecule has 5 aromatic rings. The number of rotatable bonds is 8. The number of carbonyl (C=O) groups excluding carboxylic acids is 1. The molecule has 5 rings (SSSR count). The number of aliphatic carboxylic acids is 1. The van der Waals surface area contributed by atoms with Gasteiger partial charge < -0.3 is 20.1 Å². The molecule has 4 aromatic carbocycles. The lowest BCUT2D eigenvalue weighted by Crippen LogP contribution is -2.11. The van der Waals surface area contributed by atoms with Crippen LogP contribution in [0.4, 0.5) is 0 Å². The highest BCUT2D eigenvalue weighted by Gasteiger charge is 2.22. The summed E-state index contributed by atoms with van der Waals surface area (Å²) in [5.41, 5.74) is 9.55. The molecule has 3 N–H and O–H groups in total. The van der Waals surface area contributed by atoms with Crippen molar-refractivity contribution in [1.29, 1.82) is 0 Å². The summed E-state index contributed by atoms with van der Waals surface area (Å²) >= 11 is 6.09. The van der Waals surface area contributed by atoms with Crippen LogP contribution in [0.1, 0.15) is 15.9 Å². The van der Waals surface area contributed by atoms with E-state index in [1.807, 2.05) is 34.9 Å². The second-order valence-corrected chi connectivity index (χ2v) is 11.6. The number of carboxylic acid groups (broad SMARTS) is 1. The first-order chi connectivity index (χ1) is 18.5. The quantitative estimate of drug-likeness (QED) is 0.270. The summed E-state index contributed by atoms with van der Waals surface area (Å²) in [5.74, 6) is -1.54. The average molecular weight is 563 g/mol. The van der Waals surface area contributed by atoms with Crippen molar-refractivity contribution in [3.05, 3.63) is 95.0 Å². The summed E-state index contributed by atoms with van der Waals surface area (Å²) in [5, 5.41) is 10.9. The number of fused-ring (bicyclic) bond motifs is 3. The van der Waals surface area contributed by atoms with Crippen molar-refractivity contribution in [2.45, 2.75) is 11.4 Å². The number of hydrogen-bond donors (Lipinski definition) is 2. The SMILES string of the molecule is CS(=O)(=O)c1cccc(Cn2c3cc(-c4ccc(Cl)cc4)cc(OCC(=O)O)c3c3c(C(N)=O)cccc32)c1. The molecule has 0 saturated heterocycles. The minimum Gasteiger partial charge on any atom is -0.481 e. The van der Waals surface area contributed by atoms with E-state index in [1.165, 1.54) is 6.07 Å². The molecule has 0 radical (unpaired) electrons. The van der Waals surface area contributed by atoms with Crippen LogP contribution < -0.4 is 10.5 Å². The molecule has 0 aliphatic rings. The predicted octanol–water partition coefficient (Wildman–Crippen LogP) is 5.13. The van der Waals surface area contributed by atoms with Crippen LogP contribution >= 0.6 is 11.6 Å². The van der Waals surface area contributed by atoms with Crippen LogP contribution in [0.2, 0.25) is 5.02 Å². The lowest BCUT2D eigenvalue weighted by atomic mass is 10.0. The van der Waals surface area contributed by atoms with Crippen molar-refractivity contribution >= 4 is 55.1 Å². The number of carboxylic acids is 1. The van der Waals surface area contributed by atoms with Gasteiger partial charge in [0.05, 0.1) is 21.3 Å². The number of primary amides is 1. The number of sulfone groups is 1. The molecule has 1 amide bonds. The predicted molar refractivity (Wildman–Crippen MR) is 150 cm³/mol. The zero-order valence-electron chi connectivity index (χ0n) is 20.7. The van der Waals surface area contributed by atoms with Crippen LogP contribution in [0.25, 0.3) is 32.9 Å². The normalized spacial score (nSPS) is 11.6. The van der Waals surface area contributed by atoms with Crippen molar-refractivity contribution in [2.75, 3.05) is 12.9 Å². The van der Waals surface area contributed by atoms with Gasteiger partial charge in [0.1, 0.15) is 5.75 Å². The first kappa shape index (κ1) is 26.3. The maximum atomic E-state index is 12.5. The van der Waals surface area contributed by atoms with E-state index in [1.54, 1.807) is 42.5 Å². The Labute approximate surface area is 229 Å². The Morgan fingerprint density at radius 3 is 2.31 bits per heavy atom. The van der Waals surface area contributed by atoms with Gasteiger partial charge >= 0.3 is 5.97 Å². The zero-order chi connectivity index (χ0) is 27.9. The number of amides is 1. The summed E-state index contributed by atoms with van der Waals surface area (Å²) in [6.45, 7) is -0.338. The van der Waals surface area contributed by atoms with E-state index < -0.39 is 28.3 Å². The number of hydrogen-bond acceptors (Lipinski definition) is 5. The van der Waals surface area contributed by atoms with Crippen LogP contribution in [0.15, 0.2) is 83.8 Å². The minimum absolute atomic E-state index is 0.186. The third-order valence-electron chi connectivity index (χ3n) is 6.42. The smallest absolute Gasteiger partial charge is 0.341 e. The summed E-state index contributed by atoms with van der Waals surface area (Å²) in [6.07, 6.45) is 1.15. The van der Waals surface area contributed by atoms with Gasteiger partial charge in [-0.1, -0.05) is 41.9 Å². The van der Waals surface area contributed by atoms with Crippen LogP contribution in [-0.2, 0) is 21.2 Å². The number of ether oxygens (including phenoxy) is 1. The van der Waals surface area contributed by atoms with Gasteiger partial charge in [0.2, 0.25) is 5.91 Å². The Hall–Kier alpha value is -4.34. The van der Waals surface area contributed by atoms with E-state index in [9.17, 15) is 23.1 Å². The van der Waals surface area contributed by atoms with Crippen LogP contribution in [0, 0.1) is 0 Å². The molecule has 39 heavy (non-hydrogen) atoms. The Morgan fingerprint density at radius 1 is 0.923 bits per heavy atom. The van der Waals surface area contributed by atoms with Gasteiger partial charge in [0.25, 0.3) is 0 Å². The van der Waals surface area contributed by atoms with E-state index in [2.05, 4.69) is 0 Å². The lowest BCUT2D eigenvalue weighted by Gasteiger charge is -2.12. The van der Waals surface area contributed by atoms with Crippen molar-refractivity contribution in [1.82, 2.24) is 4.57 Å². The zero-order valence-corrected chi connectivity index (χ0v) is 22.3. The van der Waals surface area contributed by atoms with Gasteiger partial charge in [-0.2, -0.15) is 0 Å². The summed E-state index contributed by atoms with van der Waals surface area (Å²) < 4.78 is 32.1. The van der Waals surface area contributed by atoms with Crippen molar-refractivity contribution in [3.8, 4) is 16.9 Å².